The molecule has 0 fully saturated rings. The Morgan fingerprint density at radius 3 is 1.75 bits per heavy atom. The summed E-state index contributed by atoms with van der Waals surface area (Å²) in [4.78, 5) is 0. The zero-order chi connectivity index (χ0) is 16.4. The molecule has 3 aromatic carbocycles. The van der Waals surface area contributed by atoms with Gasteiger partial charge in [0.1, 0.15) is 13.2 Å². The van der Waals surface area contributed by atoms with Gasteiger partial charge in [0.2, 0.25) is 0 Å². The van der Waals surface area contributed by atoms with Crippen molar-refractivity contribution in [1.82, 2.24) is 0 Å². The third kappa shape index (κ3) is 2.51. The van der Waals surface area contributed by atoms with Gasteiger partial charge in [0.15, 0.2) is 18.6 Å². The summed E-state index contributed by atoms with van der Waals surface area (Å²) in [6.45, 7) is 1.05. The van der Waals surface area contributed by atoms with Crippen molar-refractivity contribution in [2.75, 3.05) is 13.2 Å². The lowest BCUT2D eigenvalue weighted by atomic mass is 10.3. The molecule has 1 aliphatic heterocycles. The van der Waals surface area contributed by atoms with Crippen molar-refractivity contribution in [1.29, 1.82) is 0 Å². The predicted molar refractivity (Wildman–Crippen MR) is 96.8 cm³/mol. The van der Waals surface area contributed by atoms with Crippen molar-refractivity contribution in [3.8, 4) is 11.5 Å². The molecule has 3 aromatic rings. The summed E-state index contributed by atoms with van der Waals surface area (Å²) in [6.07, 6.45) is 0. The second-order valence-corrected chi connectivity index (χ2v) is 8.38. The summed E-state index contributed by atoms with van der Waals surface area (Å²) in [5.41, 5.74) is 0. The Morgan fingerprint density at radius 1 is 0.625 bits per heavy atom. The average Bonchev–Trinajstić information content (AvgIpc) is 2.68. The van der Waals surface area contributed by atoms with Crippen molar-refractivity contribution in [3.63, 3.8) is 0 Å². The molecule has 1 heterocycles. The van der Waals surface area contributed by atoms with Crippen LogP contribution in [0.15, 0.2) is 78.9 Å². The van der Waals surface area contributed by atoms with E-state index in [2.05, 4.69) is 0 Å². The van der Waals surface area contributed by atoms with Crippen LogP contribution in [-0.2, 0) is 4.57 Å². The van der Waals surface area contributed by atoms with Crippen LogP contribution < -0.4 is 25.4 Å². The monoisotopic (exact) mass is 336 g/mol. The van der Waals surface area contributed by atoms with Gasteiger partial charge < -0.3 is 14.0 Å². The molecular formula is C20H17O3P. The Bertz CT molecular complexity index is 848. The number of hydrogen-bond acceptors (Lipinski definition) is 3. The summed E-state index contributed by atoms with van der Waals surface area (Å²) < 4.78 is 25.5. The van der Waals surface area contributed by atoms with E-state index in [1.165, 1.54) is 0 Å². The molecule has 0 saturated carbocycles. The first-order valence-corrected chi connectivity index (χ1v) is 9.61. The fourth-order valence-electron chi connectivity index (χ4n) is 2.95. The highest BCUT2D eigenvalue weighted by atomic mass is 31.2. The Labute approximate surface area is 141 Å². The molecule has 0 unspecified atom stereocenters. The molecule has 4 heteroatoms. The summed E-state index contributed by atoms with van der Waals surface area (Å²) in [5, 5.41) is 2.38. The number of hydrogen-bond donors (Lipinski definition) is 0. The Balaban J connectivity index is 1.93. The third-order valence-electron chi connectivity index (χ3n) is 4.13. The van der Waals surface area contributed by atoms with Crippen LogP contribution in [0.2, 0.25) is 0 Å². The van der Waals surface area contributed by atoms with Gasteiger partial charge in [-0.2, -0.15) is 0 Å². The van der Waals surface area contributed by atoms with Crippen molar-refractivity contribution in [2.45, 2.75) is 0 Å². The molecule has 0 saturated heterocycles. The highest BCUT2D eigenvalue weighted by molar-refractivity contribution is 7.85. The number of rotatable bonds is 3. The molecule has 0 atom stereocenters. The molecule has 0 aliphatic carbocycles. The highest BCUT2D eigenvalue weighted by Gasteiger charge is 2.30. The van der Waals surface area contributed by atoms with Crippen molar-refractivity contribution < 1.29 is 14.0 Å². The maximum Gasteiger partial charge on any atom is 0.171 e. The van der Waals surface area contributed by atoms with E-state index in [9.17, 15) is 4.57 Å². The van der Waals surface area contributed by atoms with Gasteiger partial charge in [0.05, 0.1) is 0 Å². The lowest BCUT2D eigenvalue weighted by Crippen LogP contribution is -2.26. The van der Waals surface area contributed by atoms with Gasteiger partial charge in [0.25, 0.3) is 0 Å². The van der Waals surface area contributed by atoms with Gasteiger partial charge in [-0.3, -0.25) is 0 Å². The topological polar surface area (TPSA) is 35.5 Å². The van der Waals surface area contributed by atoms with Crippen molar-refractivity contribution in [2.24, 2.45) is 0 Å². The Morgan fingerprint density at radius 2 is 1.17 bits per heavy atom. The van der Waals surface area contributed by atoms with Crippen molar-refractivity contribution >= 4 is 23.1 Å². The second-order valence-electron chi connectivity index (χ2n) is 5.61. The summed E-state index contributed by atoms with van der Waals surface area (Å²) in [5.74, 6) is 1.36. The standard InChI is InChI=1S/C20H17O3P/c21-24(16-7-3-1-4-8-16,17-9-5-2-6-10-17)18-11-12-19-20(15-18)23-14-13-22-19/h1-12,15H,13-14H2. The molecule has 0 bridgehead atoms. The minimum Gasteiger partial charge on any atom is -0.486 e. The molecule has 1 aliphatic rings. The van der Waals surface area contributed by atoms with E-state index in [0.29, 0.717) is 24.7 Å². The van der Waals surface area contributed by atoms with Crippen LogP contribution in [0.3, 0.4) is 0 Å². The van der Waals surface area contributed by atoms with Gasteiger partial charge >= 0.3 is 0 Å². The van der Waals surface area contributed by atoms with E-state index in [1.807, 2.05) is 78.9 Å². The molecule has 24 heavy (non-hydrogen) atoms. The maximum absolute atomic E-state index is 14.2. The van der Waals surface area contributed by atoms with Crippen LogP contribution in [0, 0.1) is 0 Å². The number of ether oxygens (including phenoxy) is 2. The van der Waals surface area contributed by atoms with Gasteiger partial charge in [-0.1, -0.05) is 60.7 Å². The normalized spacial score (nSPS) is 13.5. The first kappa shape index (κ1) is 15.0. The van der Waals surface area contributed by atoms with E-state index in [0.717, 1.165) is 15.9 Å². The number of benzene rings is 3. The van der Waals surface area contributed by atoms with Crippen LogP contribution in [0.4, 0.5) is 0 Å². The summed E-state index contributed by atoms with van der Waals surface area (Å²) >= 11 is 0. The molecular weight excluding hydrogens is 319 g/mol. The maximum atomic E-state index is 14.2. The minimum absolute atomic E-state index is 0.511. The fraction of sp³-hybridized carbons (Fsp3) is 0.100. The van der Waals surface area contributed by atoms with Crippen LogP contribution in [0.25, 0.3) is 0 Å². The van der Waals surface area contributed by atoms with E-state index in [1.54, 1.807) is 0 Å². The molecule has 0 radical (unpaired) electrons. The van der Waals surface area contributed by atoms with E-state index >= 15 is 0 Å². The summed E-state index contributed by atoms with van der Waals surface area (Å²) in [7, 11) is -2.96. The Hall–Kier alpha value is -2.51. The first-order valence-electron chi connectivity index (χ1n) is 7.90. The molecule has 4 rings (SSSR count). The lowest BCUT2D eigenvalue weighted by molar-refractivity contribution is 0.172. The third-order valence-corrected chi connectivity index (χ3v) is 7.19. The van der Waals surface area contributed by atoms with Crippen LogP contribution in [0.1, 0.15) is 0 Å². The van der Waals surface area contributed by atoms with Crippen LogP contribution in [-0.4, -0.2) is 13.2 Å². The molecule has 0 spiro atoms. The van der Waals surface area contributed by atoms with Crippen LogP contribution >= 0.6 is 7.14 Å². The SMILES string of the molecule is O=P(c1ccccc1)(c1ccccc1)c1ccc2c(c1)OCCO2. The van der Waals surface area contributed by atoms with Gasteiger partial charge in [-0.15, -0.1) is 0 Å². The Kier molecular flexibility index (Phi) is 3.87. The highest BCUT2D eigenvalue weighted by Crippen LogP contribution is 2.44. The molecule has 0 N–H and O–H groups in total. The smallest absolute Gasteiger partial charge is 0.171 e. The first-order chi connectivity index (χ1) is 11.8. The lowest BCUT2D eigenvalue weighted by Gasteiger charge is -2.23. The molecule has 3 nitrogen and oxygen atoms in total. The van der Waals surface area contributed by atoms with Gasteiger partial charge in [-0.25, -0.2) is 0 Å². The van der Waals surface area contributed by atoms with E-state index in [-0.39, 0.29) is 0 Å². The zero-order valence-electron chi connectivity index (χ0n) is 13.1. The molecule has 0 aromatic heterocycles. The van der Waals surface area contributed by atoms with Gasteiger partial charge in [0, 0.05) is 15.9 Å². The van der Waals surface area contributed by atoms with Crippen molar-refractivity contribution in [3.05, 3.63) is 78.9 Å². The quantitative estimate of drug-likeness (QED) is 0.690. The zero-order valence-corrected chi connectivity index (χ0v) is 14.0. The van der Waals surface area contributed by atoms with E-state index in [4.69, 9.17) is 9.47 Å². The second kappa shape index (κ2) is 6.18. The molecule has 0 amide bonds. The largest absolute Gasteiger partial charge is 0.486 e. The average molecular weight is 336 g/mol. The van der Waals surface area contributed by atoms with E-state index < -0.39 is 7.14 Å². The predicted octanol–water partition coefficient (Wildman–Crippen LogP) is 3.10. The summed E-state index contributed by atoms with van der Waals surface area (Å²) in [6, 6.07) is 24.8. The number of fused-ring (bicyclic) bond motifs is 1. The molecule has 120 valence electrons. The van der Waals surface area contributed by atoms with Gasteiger partial charge in [-0.05, 0) is 18.2 Å². The van der Waals surface area contributed by atoms with Crippen LogP contribution in [0.5, 0.6) is 11.5 Å². The minimum atomic E-state index is -2.96. The fourth-order valence-corrected chi connectivity index (χ4v) is 5.61.